The first-order chi connectivity index (χ1) is 16.6. The Morgan fingerprint density at radius 3 is 2.46 bits per heavy atom. The van der Waals surface area contributed by atoms with E-state index in [0.29, 0.717) is 19.6 Å². The van der Waals surface area contributed by atoms with Crippen molar-refractivity contribution in [1.82, 2.24) is 9.62 Å². The van der Waals surface area contributed by atoms with Gasteiger partial charge in [-0.15, -0.1) is 0 Å². The standard InChI is InChI=1S/C25H33FN2O6S/c1-18(2)15-28(35(31,32)22-10-8-20(26)9-11-22)16-24(29)23(14-19-6-4-3-5-7-19)27-25(30)34-21-12-13-33-17-21/h3-11,18,21,23-24,29H,12-17H2,1-2H3,(H,27,30). The van der Waals surface area contributed by atoms with Crippen LogP contribution in [0.4, 0.5) is 9.18 Å². The van der Waals surface area contributed by atoms with Gasteiger partial charge in [0.1, 0.15) is 11.9 Å². The zero-order valence-corrected chi connectivity index (χ0v) is 20.8. The minimum absolute atomic E-state index is 0.0368. The topological polar surface area (TPSA) is 105 Å². The molecule has 192 valence electrons. The Labute approximate surface area is 206 Å². The SMILES string of the molecule is CC(C)CN(CC(O)C(Cc1ccccc1)NC(=O)OC1CCOC1)S(=O)(=O)c1ccc(F)cc1. The molecule has 2 aromatic carbocycles. The molecule has 10 heteroatoms. The highest BCUT2D eigenvalue weighted by Crippen LogP contribution is 2.20. The number of halogens is 1. The largest absolute Gasteiger partial charge is 0.444 e. The second kappa shape index (κ2) is 12.4. The lowest BCUT2D eigenvalue weighted by molar-refractivity contribution is 0.0644. The number of rotatable bonds is 11. The fourth-order valence-corrected chi connectivity index (χ4v) is 5.49. The number of hydrogen-bond donors (Lipinski definition) is 2. The molecular weight excluding hydrogens is 475 g/mol. The van der Waals surface area contributed by atoms with E-state index >= 15 is 0 Å². The van der Waals surface area contributed by atoms with Crippen LogP contribution in [0.25, 0.3) is 0 Å². The van der Waals surface area contributed by atoms with Crippen molar-refractivity contribution in [3.05, 3.63) is 66.0 Å². The monoisotopic (exact) mass is 508 g/mol. The summed E-state index contributed by atoms with van der Waals surface area (Å²) in [7, 11) is -4.02. The van der Waals surface area contributed by atoms with Crippen LogP contribution in [0, 0.1) is 11.7 Å². The van der Waals surface area contributed by atoms with Gasteiger partial charge < -0.3 is 19.9 Å². The first kappa shape index (κ1) is 27.1. The van der Waals surface area contributed by atoms with Crippen molar-refractivity contribution in [3.63, 3.8) is 0 Å². The van der Waals surface area contributed by atoms with Crippen molar-refractivity contribution in [3.8, 4) is 0 Å². The number of amides is 1. The molecule has 8 nitrogen and oxygen atoms in total. The van der Waals surface area contributed by atoms with Crippen molar-refractivity contribution >= 4 is 16.1 Å². The van der Waals surface area contributed by atoms with E-state index in [1.54, 1.807) is 0 Å². The third-order valence-electron chi connectivity index (χ3n) is 5.64. The Morgan fingerprint density at radius 2 is 1.86 bits per heavy atom. The average Bonchev–Trinajstić information content (AvgIpc) is 3.31. The number of alkyl carbamates (subject to hydrolysis) is 1. The molecule has 0 saturated carbocycles. The molecule has 1 amide bonds. The zero-order chi connectivity index (χ0) is 25.4. The smallest absolute Gasteiger partial charge is 0.407 e. The molecule has 2 aromatic rings. The van der Waals surface area contributed by atoms with Crippen molar-refractivity contribution in [2.75, 3.05) is 26.3 Å². The number of nitrogens with zero attached hydrogens (tertiary/aromatic N) is 1. The summed E-state index contributed by atoms with van der Waals surface area (Å²) in [4.78, 5) is 12.5. The fourth-order valence-electron chi connectivity index (χ4n) is 3.86. The number of ether oxygens (including phenoxy) is 2. The van der Waals surface area contributed by atoms with Crippen LogP contribution in [0.5, 0.6) is 0 Å². The van der Waals surface area contributed by atoms with E-state index in [0.717, 1.165) is 17.7 Å². The van der Waals surface area contributed by atoms with E-state index in [-0.39, 0.29) is 36.4 Å². The molecule has 1 saturated heterocycles. The number of carbonyl (C=O) groups excluding carboxylic acids is 1. The summed E-state index contributed by atoms with van der Waals surface area (Å²) in [5.74, 6) is -0.581. The van der Waals surface area contributed by atoms with E-state index in [1.165, 1.54) is 16.4 Å². The van der Waals surface area contributed by atoms with Crippen LogP contribution in [0.2, 0.25) is 0 Å². The molecule has 1 fully saturated rings. The van der Waals surface area contributed by atoms with Crippen LogP contribution in [-0.2, 0) is 25.9 Å². The fraction of sp³-hybridized carbons (Fsp3) is 0.480. The minimum atomic E-state index is -4.02. The van der Waals surface area contributed by atoms with Crippen LogP contribution in [0.3, 0.4) is 0 Å². The van der Waals surface area contributed by atoms with Gasteiger partial charge in [-0.1, -0.05) is 44.2 Å². The lowest BCUT2D eigenvalue weighted by atomic mass is 10.0. The first-order valence-corrected chi connectivity index (χ1v) is 13.1. The molecule has 0 aliphatic carbocycles. The van der Waals surface area contributed by atoms with Crippen molar-refractivity contribution < 1.29 is 32.2 Å². The van der Waals surface area contributed by atoms with Gasteiger partial charge in [0.15, 0.2) is 0 Å². The number of aliphatic hydroxyl groups is 1. The summed E-state index contributed by atoms with van der Waals surface area (Å²) in [5, 5.41) is 13.9. The molecule has 3 atom stereocenters. The van der Waals surface area contributed by atoms with Gasteiger partial charge in [0.25, 0.3) is 0 Å². The Morgan fingerprint density at radius 1 is 1.17 bits per heavy atom. The molecule has 1 heterocycles. The molecule has 3 rings (SSSR count). The van der Waals surface area contributed by atoms with Gasteiger partial charge in [-0.25, -0.2) is 17.6 Å². The second-order valence-electron chi connectivity index (χ2n) is 9.07. The van der Waals surface area contributed by atoms with E-state index < -0.39 is 34.1 Å². The summed E-state index contributed by atoms with van der Waals surface area (Å²) in [6.07, 6.45) is -1.43. The number of benzene rings is 2. The van der Waals surface area contributed by atoms with Gasteiger partial charge in [0.2, 0.25) is 10.0 Å². The van der Waals surface area contributed by atoms with Gasteiger partial charge in [0, 0.05) is 19.5 Å². The third-order valence-corrected chi connectivity index (χ3v) is 7.48. The quantitative estimate of drug-likeness (QED) is 0.484. The van der Waals surface area contributed by atoms with Crippen molar-refractivity contribution in [2.24, 2.45) is 5.92 Å². The maximum atomic E-state index is 13.4. The number of aliphatic hydroxyl groups excluding tert-OH is 1. The van der Waals surface area contributed by atoms with E-state index in [2.05, 4.69) is 5.32 Å². The number of sulfonamides is 1. The van der Waals surface area contributed by atoms with Crippen molar-refractivity contribution in [1.29, 1.82) is 0 Å². The lowest BCUT2D eigenvalue weighted by Crippen LogP contribution is -2.51. The maximum absolute atomic E-state index is 13.4. The van der Waals surface area contributed by atoms with Crippen LogP contribution in [0.15, 0.2) is 59.5 Å². The molecule has 2 N–H and O–H groups in total. The Balaban J connectivity index is 1.80. The van der Waals surface area contributed by atoms with Crippen LogP contribution in [-0.4, -0.2) is 68.5 Å². The highest BCUT2D eigenvalue weighted by Gasteiger charge is 2.32. The molecule has 1 aliphatic heterocycles. The summed E-state index contributed by atoms with van der Waals surface area (Å²) in [6.45, 7) is 4.43. The second-order valence-corrected chi connectivity index (χ2v) is 11.0. The molecular formula is C25H33FN2O6S. The molecule has 0 aromatic heterocycles. The lowest BCUT2D eigenvalue weighted by Gasteiger charge is -2.30. The molecule has 0 radical (unpaired) electrons. The predicted octanol–water partition coefficient (Wildman–Crippen LogP) is 2.96. The Kier molecular flexibility index (Phi) is 9.62. The number of carbonyl (C=O) groups is 1. The van der Waals surface area contributed by atoms with Crippen molar-refractivity contribution in [2.45, 2.75) is 49.8 Å². The summed E-state index contributed by atoms with van der Waals surface area (Å²) in [5.41, 5.74) is 0.859. The van der Waals surface area contributed by atoms with E-state index in [1.807, 2.05) is 44.2 Å². The summed E-state index contributed by atoms with van der Waals surface area (Å²) >= 11 is 0. The van der Waals surface area contributed by atoms with Crippen LogP contribution >= 0.6 is 0 Å². The van der Waals surface area contributed by atoms with E-state index in [9.17, 15) is 22.7 Å². The minimum Gasteiger partial charge on any atom is -0.444 e. The van der Waals surface area contributed by atoms with Gasteiger partial charge in [0.05, 0.1) is 30.3 Å². The van der Waals surface area contributed by atoms with Crippen LogP contribution < -0.4 is 5.32 Å². The third kappa shape index (κ3) is 7.99. The van der Waals surface area contributed by atoms with E-state index in [4.69, 9.17) is 9.47 Å². The number of hydrogen-bond acceptors (Lipinski definition) is 6. The highest BCUT2D eigenvalue weighted by molar-refractivity contribution is 7.89. The molecule has 3 unspecified atom stereocenters. The normalized spacial score (nSPS) is 17.9. The number of nitrogens with one attached hydrogen (secondary N) is 1. The first-order valence-electron chi connectivity index (χ1n) is 11.7. The zero-order valence-electron chi connectivity index (χ0n) is 20.0. The maximum Gasteiger partial charge on any atom is 0.407 e. The average molecular weight is 509 g/mol. The van der Waals surface area contributed by atoms with Gasteiger partial charge in [-0.05, 0) is 42.2 Å². The summed E-state index contributed by atoms with van der Waals surface area (Å²) < 4.78 is 51.8. The van der Waals surface area contributed by atoms with Gasteiger partial charge in [-0.3, -0.25) is 0 Å². The Hall–Kier alpha value is -2.53. The molecule has 1 aliphatic rings. The van der Waals surface area contributed by atoms with Gasteiger partial charge >= 0.3 is 6.09 Å². The predicted molar refractivity (Wildman–Crippen MR) is 129 cm³/mol. The summed E-state index contributed by atoms with van der Waals surface area (Å²) in [6, 6.07) is 13.0. The molecule has 0 spiro atoms. The van der Waals surface area contributed by atoms with Crippen LogP contribution in [0.1, 0.15) is 25.8 Å². The van der Waals surface area contributed by atoms with Gasteiger partial charge in [-0.2, -0.15) is 4.31 Å². The molecule has 0 bridgehead atoms. The highest BCUT2D eigenvalue weighted by atomic mass is 32.2. The Bertz CT molecular complexity index is 1040. The molecule has 35 heavy (non-hydrogen) atoms.